The van der Waals surface area contributed by atoms with Crippen molar-refractivity contribution < 1.29 is 53.2 Å². The number of benzene rings is 4. The smallest absolute Gasteiger partial charge is 0.304 e. The number of aromatic amines is 1. The number of ether oxygens (including phenoxy) is 1. The number of nitrogens with one attached hydrogen (secondary N) is 2. The number of carbonyl (C=O) groups is 2. The monoisotopic (exact) mass is 885 g/mol. The second-order valence-electron chi connectivity index (χ2n) is 11.7. The molecule has 6 rings (SSSR count). The van der Waals surface area contributed by atoms with Crippen molar-refractivity contribution in [1.29, 1.82) is 0 Å². The first-order valence-electron chi connectivity index (χ1n) is 15.0. The molecule has 1 aromatic heterocycles. The van der Waals surface area contributed by atoms with Gasteiger partial charge in [0.05, 0.1) is 33.1 Å². The molecule has 283 valence electrons. The SMILES string of the molecule is Cc1c(N=c2nc(Cl)nc(Oc3ccc(S(=O)(=O)O)cc3)[nH]2)c(C)c(S(=O)(=O)O)c(C)c1Nc1cc(S(=O)(=O)O)c(N)c2c1C(=O)c1ccccc1C2=O.[Na].[Na].[Na]. The number of halogens is 1. The van der Waals surface area contributed by atoms with Gasteiger partial charge in [0, 0.05) is 105 Å². The van der Waals surface area contributed by atoms with Crippen LogP contribution in [0, 0.1) is 20.8 Å². The minimum absolute atomic E-state index is 0. The summed E-state index contributed by atoms with van der Waals surface area (Å²) in [5.41, 5.74) is 3.35. The zero-order chi connectivity index (χ0) is 39.7. The zero-order valence-electron chi connectivity index (χ0n) is 30.7. The van der Waals surface area contributed by atoms with Gasteiger partial charge in [-0.05, 0) is 79.4 Å². The van der Waals surface area contributed by atoms with Crippen LogP contribution in [-0.2, 0) is 30.4 Å². The molecule has 1 aliphatic carbocycles. The minimum atomic E-state index is -5.11. The van der Waals surface area contributed by atoms with Gasteiger partial charge in [0.2, 0.25) is 10.9 Å². The normalized spacial score (nSPS) is 12.7. The first kappa shape index (κ1) is 48.8. The van der Waals surface area contributed by atoms with Crippen LogP contribution in [-0.4, -0.2) is 154 Å². The van der Waals surface area contributed by atoms with E-state index in [0.717, 1.165) is 18.2 Å². The first-order valence-corrected chi connectivity index (χ1v) is 19.7. The molecule has 5 aromatic rings. The summed E-state index contributed by atoms with van der Waals surface area (Å²) in [6, 6.07) is 10.7. The molecule has 3 radical (unpaired) electrons. The van der Waals surface area contributed by atoms with Crippen LogP contribution in [0.5, 0.6) is 11.8 Å². The number of nitrogens with zero attached hydrogens (tertiary/aromatic N) is 3. The Balaban J connectivity index is 0.00000290. The van der Waals surface area contributed by atoms with Gasteiger partial charge in [-0.2, -0.15) is 35.2 Å². The zero-order valence-corrected chi connectivity index (χ0v) is 39.9. The minimum Gasteiger partial charge on any atom is -0.426 e. The van der Waals surface area contributed by atoms with Crippen LogP contribution >= 0.6 is 11.6 Å². The predicted octanol–water partition coefficient (Wildman–Crippen LogP) is 3.11. The molecule has 57 heavy (non-hydrogen) atoms. The average Bonchev–Trinajstić information content (AvgIpc) is 3.06. The van der Waals surface area contributed by atoms with Crippen molar-refractivity contribution >= 4 is 165 Å². The standard InChI is InChI=1S/C32H25ClN6O12S3.3Na/c1-13-25(35-20-12-21(53(45,46)47)24(34)23-22(20)27(40)18-6-4-5-7-19(18)28(23)41)14(2)29(54(48,49)50)15(3)26(13)36-31-37-30(33)38-32(39-31)51-16-8-10-17(11-9-16)52(42,43)44;;;/h4-12,35H,34H2,1-3H3,(H,42,43,44)(H,45,46,47)(H,48,49,50)(H,36,37,38,39);;;. The van der Waals surface area contributed by atoms with Crippen LogP contribution in [0.4, 0.5) is 22.7 Å². The van der Waals surface area contributed by atoms with Gasteiger partial charge < -0.3 is 15.8 Å². The van der Waals surface area contributed by atoms with Gasteiger partial charge in [-0.15, -0.1) is 0 Å². The second-order valence-corrected chi connectivity index (χ2v) is 16.2. The third-order valence-electron chi connectivity index (χ3n) is 8.30. The molecule has 0 saturated carbocycles. The van der Waals surface area contributed by atoms with E-state index in [4.69, 9.17) is 22.1 Å². The molecule has 7 N–H and O–H groups in total. The summed E-state index contributed by atoms with van der Waals surface area (Å²) in [6.07, 6.45) is 0. The average molecular weight is 886 g/mol. The van der Waals surface area contributed by atoms with Crippen molar-refractivity contribution in [3.05, 3.63) is 104 Å². The molecule has 18 nitrogen and oxygen atoms in total. The largest absolute Gasteiger partial charge is 0.426 e. The third kappa shape index (κ3) is 9.75. The number of nitrogens with two attached hydrogens (primary N) is 1. The number of hydrogen-bond donors (Lipinski definition) is 6. The topological polar surface area (TPSA) is 298 Å². The Hall–Kier alpha value is -2.55. The molecule has 0 bridgehead atoms. The van der Waals surface area contributed by atoms with Gasteiger partial charge in [0.15, 0.2) is 11.6 Å². The maximum atomic E-state index is 13.9. The predicted molar refractivity (Wildman–Crippen MR) is 208 cm³/mol. The van der Waals surface area contributed by atoms with E-state index in [1.165, 1.54) is 57.2 Å². The van der Waals surface area contributed by atoms with Gasteiger partial charge in [-0.25, -0.2) is 4.99 Å². The van der Waals surface area contributed by atoms with E-state index >= 15 is 0 Å². The molecule has 0 atom stereocenters. The molecular weight excluding hydrogens is 861 g/mol. The van der Waals surface area contributed by atoms with Crippen LogP contribution in [0.25, 0.3) is 0 Å². The number of ketones is 2. The first-order chi connectivity index (χ1) is 25.1. The molecule has 0 fully saturated rings. The molecule has 25 heteroatoms. The maximum absolute atomic E-state index is 13.9. The summed E-state index contributed by atoms with van der Waals surface area (Å²) >= 11 is 6.13. The van der Waals surface area contributed by atoms with E-state index in [-0.39, 0.29) is 156 Å². The third-order valence-corrected chi connectivity index (χ3v) is 11.4. The Morgan fingerprint density at radius 2 is 1.33 bits per heavy atom. The van der Waals surface area contributed by atoms with Crippen molar-refractivity contribution in [2.24, 2.45) is 4.99 Å². The van der Waals surface area contributed by atoms with Gasteiger partial charge >= 0.3 is 6.01 Å². The van der Waals surface area contributed by atoms with Crippen molar-refractivity contribution in [2.75, 3.05) is 11.1 Å². The number of hydrogen-bond acceptors (Lipinski definition) is 14. The maximum Gasteiger partial charge on any atom is 0.304 e. The van der Waals surface area contributed by atoms with Crippen LogP contribution in [0.2, 0.25) is 5.28 Å². The molecule has 0 unspecified atom stereocenters. The summed E-state index contributed by atoms with van der Waals surface area (Å²) < 4.78 is 109. The molecular formula is C32H25ClN6Na3O12S3. The number of aromatic nitrogens is 3. The van der Waals surface area contributed by atoms with Gasteiger partial charge in [0.25, 0.3) is 30.4 Å². The Morgan fingerprint density at radius 3 is 1.86 bits per heavy atom. The van der Waals surface area contributed by atoms with E-state index in [1.807, 2.05) is 0 Å². The quantitative estimate of drug-likeness (QED) is 0.0727. The molecule has 1 heterocycles. The summed E-state index contributed by atoms with van der Waals surface area (Å²) in [5, 5.41) is 2.42. The Kier molecular flexibility index (Phi) is 15.4. The fourth-order valence-corrected chi connectivity index (χ4v) is 8.27. The summed E-state index contributed by atoms with van der Waals surface area (Å²) in [4.78, 5) is 40.5. The van der Waals surface area contributed by atoms with Crippen LogP contribution < -0.4 is 21.4 Å². The van der Waals surface area contributed by atoms with Crippen LogP contribution in [0.15, 0.2) is 74.3 Å². The van der Waals surface area contributed by atoms with E-state index in [9.17, 15) is 48.5 Å². The van der Waals surface area contributed by atoms with Crippen molar-refractivity contribution in [3.8, 4) is 11.8 Å². The number of fused-ring (bicyclic) bond motifs is 2. The van der Waals surface area contributed by atoms with E-state index in [2.05, 4.69) is 25.3 Å². The number of carbonyl (C=O) groups excluding carboxylic acids is 2. The molecule has 4 aromatic carbocycles. The van der Waals surface area contributed by atoms with E-state index in [1.54, 1.807) is 0 Å². The Morgan fingerprint density at radius 1 is 0.772 bits per heavy atom. The molecule has 0 saturated heterocycles. The summed E-state index contributed by atoms with van der Waals surface area (Å²) in [5.74, 6) is -1.53. The molecule has 1 aliphatic rings. The van der Waals surface area contributed by atoms with Crippen LogP contribution in [0.1, 0.15) is 48.5 Å². The molecule has 0 amide bonds. The van der Waals surface area contributed by atoms with Crippen LogP contribution in [0.3, 0.4) is 0 Å². The van der Waals surface area contributed by atoms with E-state index < -0.39 is 73.1 Å². The van der Waals surface area contributed by atoms with Crippen molar-refractivity contribution in [1.82, 2.24) is 15.0 Å². The molecule has 0 spiro atoms. The second kappa shape index (κ2) is 18.0. The Labute approximate surface area is 396 Å². The van der Waals surface area contributed by atoms with Crippen molar-refractivity contribution in [3.63, 3.8) is 0 Å². The fourth-order valence-electron chi connectivity index (χ4n) is 6.01. The molecule has 0 aliphatic heterocycles. The summed E-state index contributed by atoms with van der Waals surface area (Å²) in [7, 11) is -14.6. The Bertz CT molecular complexity index is 2910. The van der Waals surface area contributed by atoms with Crippen molar-refractivity contribution in [2.45, 2.75) is 35.5 Å². The van der Waals surface area contributed by atoms with Gasteiger partial charge in [0.1, 0.15) is 15.5 Å². The fraction of sp³-hybridized carbons (Fsp3) is 0.0938. The van der Waals surface area contributed by atoms with Gasteiger partial charge in [-0.3, -0.25) is 28.2 Å². The number of nitrogen functional groups attached to an aromatic ring is 1. The van der Waals surface area contributed by atoms with E-state index in [0.29, 0.717) is 0 Å². The number of anilines is 3. The van der Waals surface area contributed by atoms with Gasteiger partial charge in [-0.1, -0.05) is 24.3 Å². The number of rotatable bonds is 8. The number of H-pyrrole nitrogens is 1. The summed E-state index contributed by atoms with van der Waals surface area (Å²) in [6.45, 7) is 4.09.